The summed E-state index contributed by atoms with van der Waals surface area (Å²) in [5.74, 6) is 0.889. The highest BCUT2D eigenvalue weighted by Crippen LogP contribution is 2.45. The third-order valence-corrected chi connectivity index (χ3v) is 9.22. The Hall–Kier alpha value is -2.17. The summed E-state index contributed by atoms with van der Waals surface area (Å²) in [6, 6.07) is 4.74. The fourth-order valence-corrected chi connectivity index (χ4v) is 6.82. The van der Waals surface area contributed by atoms with Gasteiger partial charge in [-0.2, -0.15) is 4.31 Å². The molecule has 3 fully saturated rings. The lowest BCUT2D eigenvalue weighted by Crippen LogP contribution is -2.52. The minimum absolute atomic E-state index is 0.0329. The Morgan fingerprint density at radius 2 is 1.58 bits per heavy atom. The zero-order valence-electron chi connectivity index (χ0n) is 18.8. The summed E-state index contributed by atoms with van der Waals surface area (Å²) in [7, 11) is -3.68. The average Bonchev–Trinajstić information content (AvgIpc) is 2.98. The van der Waals surface area contributed by atoms with Crippen molar-refractivity contribution in [3.05, 3.63) is 18.2 Å². The number of hydrogen-bond acceptors (Lipinski definition) is 7. The maximum Gasteiger partial charge on any atom is 0.243 e. The minimum atomic E-state index is -3.68. The molecule has 33 heavy (non-hydrogen) atoms. The van der Waals surface area contributed by atoms with Crippen molar-refractivity contribution in [2.45, 2.75) is 49.8 Å². The van der Waals surface area contributed by atoms with Crippen LogP contribution in [0.3, 0.4) is 0 Å². The van der Waals surface area contributed by atoms with Crippen molar-refractivity contribution in [2.24, 2.45) is 5.41 Å². The topological polar surface area (TPSA) is 96.5 Å². The smallest absolute Gasteiger partial charge is 0.243 e. The van der Waals surface area contributed by atoms with E-state index in [-0.39, 0.29) is 23.4 Å². The number of piperazine rings is 1. The standard InChI is InChI=1S/C23H31N3O6S/c27-21-16-23(7-2-1-3-8-23)22(28)26(21)17-24-9-11-25(12-10-24)33(29,30)18-5-6-19-20(15-18)32-14-4-13-31-19/h5-6,15H,1-4,7-14,16-17H2. The van der Waals surface area contributed by atoms with Gasteiger partial charge < -0.3 is 9.47 Å². The molecule has 1 spiro atoms. The van der Waals surface area contributed by atoms with E-state index in [1.807, 2.05) is 4.90 Å². The maximum absolute atomic E-state index is 13.2. The first kappa shape index (κ1) is 22.6. The number of amides is 2. The molecule has 0 radical (unpaired) electrons. The molecule has 10 heteroatoms. The molecule has 1 aliphatic carbocycles. The number of carbonyl (C=O) groups is 2. The Kier molecular flexibility index (Phi) is 6.09. The second-order valence-corrected chi connectivity index (χ2v) is 11.4. The second kappa shape index (κ2) is 8.88. The fourth-order valence-electron chi connectivity index (χ4n) is 5.39. The molecule has 2 saturated heterocycles. The molecule has 0 atom stereocenters. The van der Waals surface area contributed by atoms with E-state index in [9.17, 15) is 18.0 Å². The van der Waals surface area contributed by atoms with E-state index >= 15 is 0 Å². The molecule has 4 aliphatic rings. The zero-order chi connectivity index (χ0) is 23.1. The molecule has 3 aliphatic heterocycles. The largest absolute Gasteiger partial charge is 0.490 e. The number of likely N-dealkylation sites (tertiary alicyclic amines) is 1. The Bertz CT molecular complexity index is 1030. The second-order valence-electron chi connectivity index (χ2n) is 9.47. The van der Waals surface area contributed by atoms with Crippen LogP contribution in [0.5, 0.6) is 11.5 Å². The number of fused-ring (bicyclic) bond motifs is 1. The first-order valence-electron chi connectivity index (χ1n) is 11.9. The number of nitrogens with zero attached hydrogens (tertiary/aromatic N) is 3. The molecule has 9 nitrogen and oxygen atoms in total. The molecule has 180 valence electrons. The van der Waals surface area contributed by atoms with Gasteiger partial charge >= 0.3 is 0 Å². The first-order chi connectivity index (χ1) is 15.9. The lowest BCUT2D eigenvalue weighted by atomic mass is 9.73. The predicted molar refractivity (Wildman–Crippen MR) is 119 cm³/mol. The van der Waals surface area contributed by atoms with Crippen LogP contribution in [-0.2, 0) is 19.6 Å². The number of ether oxygens (including phenoxy) is 2. The minimum Gasteiger partial charge on any atom is -0.490 e. The van der Waals surface area contributed by atoms with Gasteiger partial charge in [0.25, 0.3) is 0 Å². The van der Waals surface area contributed by atoms with Gasteiger partial charge in [0.15, 0.2) is 11.5 Å². The lowest BCUT2D eigenvalue weighted by molar-refractivity contribution is -0.145. The summed E-state index contributed by atoms with van der Waals surface area (Å²) in [6.07, 6.45) is 5.81. The van der Waals surface area contributed by atoms with E-state index in [4.69, 9.17) is 9.47 Å². The van der Waals surface area contributed by atoms with Gasteiger partial charge in [-0.1, -0.05) is 19.3 Å². The number of sulfonamides is 1. The van der Waals surface area contributed by atoms with Crippen molar-refractivity contribution < 1.29 is 27.5 Å². The lowest BCUT2D eigenvalue weighted by Gasteiger charge is -2.36. The number of rotatable bonds is 4. The van der Waals surface area contributed by atoms with Crippen LogP contribution in [0.15, 0.2) is 23.1 Å². The molecular weight excluding hydrogens is 446 g/mol. The number of imide groups is 1. The highest BCUT2D eigenvalue weighted by atomic mass is 32.2. The Balaban J connectivity index is 1.22. The molecule has 1 saturated carbocycles. The number of benzene rings is 1. The maximum atomic E-state index is 13.2. The Morgan fingerprint density at radius 1 is 0.879 bits per heavy atom. The molecule has 5 rings (SSSR count). The SMILES string of the molecule is O=C1CC2(CCCCC2)C(=O)N1CN1CCN(S(=O)(=O)c2ccc3c(c2)OCCCO3)CC1. The summed E-state index contributed by atoms with van der Waals surface area (Å²) in [5, 5.41) is 0. The van der Waals surface area contributed by atoms with Gasteiger partial charge in [0.05, 0.1) is 30.2 Å². The monoisotopic (exact) mass is 477 g/mol. The van der Waals surface area contributed by atoms with E-state index in [2.05, 4.69) is 0 Å². The van der Waals surface area contributed by atoms with Gasteiger partial charge in [-0.15, -0.1) is 0 Å². The Morgan fingerprint density at radius 3 is 2.30 bits per heavy atom. The van der Waals surface area contributed by atoms with Gasteiger partial charge in [0, 0.05) is 45.1 Å². The molecule has 0 unspecified atom stereocenters. The molecule has 2 amide bonds. The van der Waals surface area contributed by atoms with Crippen molar-refractivity contribution >= 4 is 21.8 Å². The fraction of sp³-hybridized carbons (Fsp3) is 0.652. The molecular formula is C23H31N3O6S. The summed E-state index contributed by atoms with van der Waals surface area (Å²) in [5.41, 5.74) is -0.488. The van der Waals surface area contributed by atoms with Crippen LogP contribution in [0.2, 0.25) is 0 Å². The van der Waals surface area contributed by atoms with Gasteiger partial charge in [-0.05, 0) is 25.0 Å². The van der Waals surface area contributed by atoms with Crippen molar-refractivity contribution in [3.8, 4) is 11.5 Å². The average molecular weight is 478 g/mol. The van der Waals surface area contributed by atoms with E-state index in [1.54, 1.807) is 12.1 Å². The highest BCUT2D eigenvalue weighted by molar-refractivity contribution is 7.89. The van der Waals surface area contributed by atoms with Gasteiger partial charge in [0.1, 0.15) is 0 Å². The van der Waals surface area contributed by atoms with E-state index in [1.165, 1.54) is 15.3 Å². The number of hydrogen-bond donors (Lipinski definition) is 0. The highest BCUT2D eigenvalue weighted by Gasteiger charge is 2.51. The summed E-state index contributed by atoms with van der Waals surface area (Å²) in [6.45, 7) is 2.82. The summed E-state index contributed by atoms with van der Waals surface area (Å²) in [4.78, 5) is 29.3. The predicted octanol–water partition coefficient (Wildman–Crippen LogP) is 1.82. The van der Waals surface area contributed by atoms with Gasteiger partial charge in [-0.3, -0.25) is 19.4 Å². The van der Waals surface area contributed by atoms with Crippen LogP contribution in [0.25, 0.3) is 0 Å². The molecule has 0 N–H and O–H groups in total. The third-order valence-electron chi connectivity index (χ3n) is 7.33. The molecule has 1 aromatic carbocycles. The molecule has 0 bridgehead atoms. The summed E-state index contributed by atoms with van der Waals surface area (Å²) < 4.78 is 39.1. The van der Waals surface area contributed by atoms with Crippen LogP contribution in [-0.4, -0.2) is 80.4 Å². The Labute approximate surface area is 194 Å². The van der Waals surface area contributed by atoms with Crippen LogP contribution < -0.4 is 9.47 Å². The van der Waals surface area contributed by atoms with E-state index < -0.39 is 15.4 Å². The van der Waals surface area contributed by atoms with Crippen molar-refractivity contribution in [1.82, 2.24) is 14.1 Å². The van der Waals surface area contributed by atoms with Crippen molar-refractivity contribution in [1.29, 1.82) is 0 Å². The quantitative estimate of drug-likeness (QED) is 0.611. The first-order valence-corrected chi connectivity index (χ1v) is 13.3. The van der Waals surface area contributed by atoms with Crippen LogP contribution in [0.1, 0.15) is 44.9 Å². The zero-order valence-corrected chi connectivity index (χ0v) is 19.6. The van der Waals surface area contributed by atoms with E-state index in [0.717, 1.165) is 38.5 Å². The summed E-state index contributed by atoms with van der Waals surface area (Å²) >= 11 is 0. The van der Waals surface area contributed by atoms with Crippen molar-refractivity contribution in [3.63, 3.8) is 0 Å². The van der Waals surface area contributed by atoms with Crippen LogP contribution in [0.4, 0.5) is 0 Å². The van der Waals surface area contributed by atoms with Crippen LogP contribution in [0, 0.1) is 5.41 Å². The normalized spacial score (nSPS) is 24.3. The molecule has 0 aromatic heterocycles. The van der Waals surface area contributed by atoms with Crippen molar-refractivity contribution in [2.75, 3.05) is 46.1 Å². The molecule has 3 heterocycles. The molecule has 1 aromatic rings. The van der Waals surface area contributed by atoms with Gasteiger partial charge in [-0.25, -0.2) is 8.42 Å². The third kappa shape index (κ3) is 4.24. The number of carbonyl (C=O) groups excluding carboxylic acids is 2. The van der Waals surface area contributed by atoms with E-state index in [0.29, 0.717) is 57.3 Å². The van der Waals surface area contributed by atoms with Gasteiger partial charge in [0.2, 0.25) is 21.8 Å². The van der Waals surface area contributed by atoms with Crippen LogP contribution >= 0.6 is 0 Å².